The minimum absolute atomic E-state index is 0.134. The number of rotatable bonds is 4. The van der Waals surface area contributed by atoms with Crippen LogP contribution in [0, 0.1) is 0 Å². The van der Waals surface area contributed by atoms with Gasteiger partial charge in [0.2, 0.25) is 0 Å². The summed E-state index contributed by atoms with van der Waals surface area (Å²) in [7, 11) is 0. The van der Waals surface area contributed by atoms with Crippen molar-refractivity contribution in [1.29, 1.82) is 0 Å². The molecule has 1 aliphatic rings. The molecule has 0 spiro atoms. The Morgan fingerprint density at radius 1 is 1.53 bits per heavy atom. The number of nitrogens with zero attached hydrogens (tertiary/aromatic N) is 1. The second-order valence-electron chi connectivity index (χ2n) is 4.51. The Hall–Kier alpha value is -1.46. The van der Waals surface area contributed by atoms with Gasteiger partial charge in [-0.15, -0.1) is 0 Å². The summed E-state index contributed by atoms with van der Waals surface area (Å²) < 4.78 is 0. The summed E-state index contributed by atoms with van der Waals surface area (Å²) in [6.45, 7) is 4.09. The summed E-state index contributed by atoms with van der Waals surface area (Å²) in [5.41, 5.74) is 8.39. The lowest BCUT2D eigenvalue weighted by molar-refractivity contribution is -0.113. The van der Waals surface area contributed by atoms with E-state index in [2.05, 4.69) is 4.90 Å². The Bertz CT molecular complexity index is 528. The van der Waals surface area contributed by atoms with Crippen molar-refractivity contribution in [2.75, 3.05) is 11.5 Å². The number of benzene rings is 1. The van der Waals surface area contributed by atoms with Gasteiger partial charge in [0.05, 0.1) is 10.3 Å². The lowest BCUT2D eigenvalue weighted by Gasteiger charge is -2.25. The third-order valence-electron chi connectivity index (χ3n) is 3.15. The summed E-state index contributed by atoms with van der Waals surface area (Å²) in [6, 6.07) is 8.00. The van der Waals surface area contributed by atoms with Crippen molar-refractivity contribution in [3.8, 4) is 0 Å². The Morgan fingerprint density at radius 2 is 2.26 bits per heavy atom. The molecule has 102 valence electrons. The SMILES string of the molecule is CC1=C(C(N)=O)SC(C)N1c1cccc(CCO)c1. The number of carbonyl (C=O) groups excluding carboxylic acids is 1. The molecule has 0 fully saturated rings. The van der Waals surface area contributed by atoms with Crippen LogP contribution in [-0.2, 0) is 11.2 Å². The van der Waals surface area contributed by atoms with Gasteiger partial charge in [-0.05, 0) is 38.0 Å². The molecule has 0 bridgehead atoms. The monoisotopic (exact) mass is 278 g/mol. The number of anilines is 1. The van der Waals surface area contributed by atoms with Crippen LogP contribution in [0.25, 0.3) is 0 Å². The topological polar surface area (TPSA) is 66.6 Å². The van der Waals surface area contributed by atoms with Crippen molar-refractivity contribution in [3.63, 3.8) is 0 Å². The van der Waals surface area contributed by atoms with Crippen LogP contribution in [0.4, 0.5) is 5.69 Å². The van der Waals surface area contributed by atoms with Crippen LogP contribution >= 0.6 is 11.8 Å². The van der Waals surface area contributed by atoms with Crippen molar-refractivity contribution in [2.24, 2.45) is 5.73 Å². The van der Waals surface area contributed by atoms with E-state index >= 15 is 0 Å². The van der Waals surface area contributed by atoms with Crippen LogP contribution in [0.2, 0.25) is 0 Å². The molecule has 0 saturated heterocycles. The van der Waals surface area contributed by atoms with Crippen LogP contribution in [0.15, 0.2) is 34.9 Å². The van der Waals surface area contributed by atoms with Gasteiger partial charge in [0.1, 0.15) is 0 Å². The maximum atomic E-state index is 11.4. The third kappa shape index (κ3) is 2.77. The minimum atomic E-state index is -0.372. The van der Waals surface area contributed by atoms with Crippen LogP contribution in [0.5, 0.6) is 0 Å². The zero-order chi connectivity index (χ0) is 14.0. The molecular formula is C14H18N2O2S. The standard InChI is InChI=1S/C14H18N2O2S/c1-9-13(14(15)18)19-10(2)16(9)12-5-3-4-11(8-12)6-7-17/h3-5,8,10,17H,6-7H2,1-2H3,(H2,15,18). The number of carbonyl (C=O) groups is 1. The van der Waals surface area contributed by atoms with Gasteiger partial charge in [-0.2, -0.15) is 0 Å². The Balaban J connectivity index is 2.35. The fourth-order valence-corrected chi connectivity index (χ4v) is 3.43. The molecule has 1 amide bonds. The Labute approximate surface area is 117 Å². The molecule has 1 atom stereocenters. The van der Waals surface area contributed by atoms with Crippen molar-refractivity contribution in [1.82, 2.24) is 0 Å². The van der Waals surface area contributed by atoms with Crippen LogP contribution in [0.3, 0.4) is 0 Å². The minimum Gasteiger partial charge on any atom is -0.396 e. The number of primary amides is 1. The van der Waals surface area contributed by atoms with E-state index in [1.54, 1.807) is 0 Å². The molecule has 5 heteroatoms. The maximum absolute atomic E-state index is 11.4. The van der Waals surface area contributed by atoms with Gasteiger partial charge in [-0.1, -0.05) is 23.9 Å². The molecule has 4 nitrogen and oxygen atoms in total. The van der Waals surface area contributed by atoms with Gasteiger partial charge in [0.25, 0.3) is 5.91 Å². The zero-order valence-corrected chi connectivity index (χ0v) is 11.9. The number of thioether (sulfide) groups is 1. The van der Waals surface area contributed by atoms with E-state index in [0.717, 1.165) is 16.9 Å². The molecule has 19 heavy (non-hydrogen) atoms. The Morgan fingerprint density at radius 3 is 2.84 bits per heavy atom. The van der Waals surface area contributed by atoms with Gasteiger partial charge in [-0.25, -0.2) is 0 Å². The first kappa shape index (κ1) is 14.0. The van der Waals surface area contributed by atoms with E-state index in [9.17, 15) is 4.79 Å². The van der Waals surface area contributed by atoms with Crippen LogP contribution in [-0.4, -0.2) is 23.0 Å². The van der Waals surface area contributed by atoms with Gasteiger partial charge < -0.3 is 15.7 Å². The second-order valence-corrected chi connectivity index (χ2v) is 5.84. The summed E-state index contributed by atoms with van der Waals surface area (Å²) in [5.74, 6) is -0.372. The summed E-state index contributed by atoms with van der Waals surface area (Å²) in [5, 5.41) is 9.15. The molecule has 0 radical (unpaired) electrons. The van der Waals surface area contributed by atoms with E-state index in [0.29, 0.717) is 11.3 Å². The highest BCUT2D eigenvalue weighted by atomic mass is 32.2. The maximum Gasteiger partial charge on any atom is 0.256 e. The summed E-state index contributed by atoms with van der Waals surface area (Å²) in [4.78, 5) is 14.1. The highest BCUT2D eigenvalue weighted by molar-refractivity contribution is 8.05. The first-order valence-electron chi connectivity index (χ1n) is 6.21. The van der Waals surface area contributed by atoms with E-state index < -0.39 is 0 Å². The highest BCUT2D eigenvalue weighted by Crippen LogP contribution is 2.40. The molecule has 1 heterocycles. The average molecular weight is 278 g/mol. The number of nitrogens with two attached hydrogens (primary N) is 1. The number of hydrogen-bond donors (Lipinski definition) is 2. The fourth-order valence-electron chi connectivity index (χ4n) is 2.32. The number of aliphatic hydroxyl groups is 1. The molecule has 1 aliphatic heterocycles. The molecule has 0 aliphatic carbocycles. The largest absolute Gasteiger partial charge is 0.396 e. The molecular weight excluding hydrogens is 260 g/mol. The van der Waals surface area contributed by atoms with Gasteiger partial charge in [0, 0.05) is 18.0 Å². The lowest BCUT2D eigenvalue weighted by Crippen LogP contribution is -2.24. The molecule has 0 aromatic heterocycles. The highest BCUT2D eigenvalue weighted by Gasteiger charge is 2.30. The fraction of sp³-hybridized carbons (Fsp3) is 0.357. The first-order chi connectivity index (χ1) is 9.04. The zero-order valence-electron chi connectivity index (χ0n) is 11.1. The van der Waals surface area contributed by atoms with Crippen molar-refractivity contribution in [2.45, 2.75) is 25.6 Å². The predicted octanol–water partition coefficient (Wildman–Crippen LogP) is 1.84. The first-order valence-corrected chi connectivity index (χ1v) is 7.09. The summed E-state index contributed by atoms with van der Waals surface area (Å²) in [6.07, 6.45) is 0.634. The van der Waals surface area contributed by atoms with Crippen molar-refractivity contribution >= 4 is 23.4 Å². The number of amides is 1. The molecule has 2 rings (SSSR count). The van der Waals surface area contributed by atoms with Crippen LogP contribution in [0.1, 0.15) is 19.4 Å². The van der Waals surface area contributed by atoms with E-state index in [1.807, 2.05) is 38.1 Å². The number of allylic oxidation sites excluding steroid dienone is 1. The summed E-state index contributed by atoms with van der Waals surface area (Å²) >= 11 is 1.49. The molecule has 3 N–H and O–H groups in total. The smallest absolute Gasteiger partial charge is 0.256 e. The molecule has 1 unspecified atom stereocenters. The Kier molecular flexibility index (Phi) is 4.17. The van der Waals surface area contributed by atoms with Crippen LogP contribution < -0.4 is 10.6 Å². The number of aliphatic hydroxyl groups excluding tert-OH is 1. The van der Waals surface area contributed by atoms with E-state index in [-0.39, 0.29) is 17.9 Å². The quantitative estimate of drug-likeness (QED) is 0.882. The third-order valence-corrected chi connectivity index (χ3v) is 4.44. The van der Waals surface area contributed by atoms with E-state index in [1.165, 1.54) is 11.8 Å². The average Bonchev–Trinajstić information content (AvgIpc) is 2.66. The lowest BCUT2D eigenvalue weighted by atomic mass is 10.1. The molecule has 0 saturated carbocycles. The molecule has 1 aromatic carbocycles. The molecule has 1 aromatic rings. The van der Waals surface area contributed by atoms with Gasteiger partial charge in [0.15, 0.2) is 0 Å². The second kappa shape index (κ2) is 5.67. The van der Waals surface area contributed by atoms with Crippen molar-refractivity contribution in [3.05, 3.63) is 40.4 Å². The van der Waals surface area contributed by atoms with Gasteiger partial charge in [-0.3, -0.25) is 4.79 Å². The predicted molar refractivity (Wildman–Crippen MR) is 78.7 cm³/mol. The van der Waals surface area contributed by atoms with E-state index in [4.69, 9.17) is 10.8 Å². The van der Waals surface area contributed by atoms with Gasteiger partial charge >= 0.3 is 0 Å². The normalized spacial score (nSPS) is 19.1. The number of hydrogen-bond acceptors (Lipinski definition) is 4. The van der Waals surface area contributed by atoms with Crippen molar-refractivity contribution < 1.29 is 9.90 Å².